The van der Waals surface area contributed by atoms with Gasteiger partial charge >= 0.3 is 12.1 Å². The minimum absolute atomic E-state index is 0.0291. The van der Waals surface area contributed by atoms with E-state index in [1.54, 1.807) is 20.8 Å². The Bertz CT molecular complexity index is 450. The van der Waals surface area contributed by atoms with Crippen molar-refractivity contribution in [3.05, 3.63) is 10.4 Å². The second-order valence-electron chi connectivity index (χ2n) is 4.18. The van der Waals surface area contributed by atoms with Gasteiger partial charge in [-0.25, -0.2) is 14.6 Å². The van der Waals surface area contributed by atoms with Crippen molar-refractivity contribution in [1.29, 1.82) is 0 Å². The van der Waals surface area contributed by atoms with E-state index in [1.807, 2.05) is 0 Å². The van der Waals surface area contributed by atoms with Crippen molar-refractivity contribution in [2.45, 2.75) is 26.4 Å². The number of anilines is 1. The number of carboxylic acid groups (broad SMARTS) is 1. The van der Waals surface area contributed by atoms with Crippen LogP contribution < -0.4 is 5.32 Å². The van der Waals surface area contributed by atoms with Gasteiger partial charge in [0.2, 0.25) is 0 Å². The number of imidazole rings is 1. The van der Waals surface area contributed by atoms with Gasteiger partial charge in [-0.1, -0.05) is 0 Å². The number of hydrogen-bond acceptors (Lipinski definition) is 4. The van der Waals surface area contributed by atoms with Crippen LogP contribution >= 0.6 is 15.9 Å². The van der Waals surface area contributed by atoms with Crippen molar-refractivity contribution in [3.63, 3.8) is 0 Å². The molecule has 0 fully saturated rings. The number of amides is 1. The predicted octanol–water partition coefficient (Wildman–Crippen LogP) is 2.22. The van der Waals surface area contributed by atoms with Gasteiger partial charge in [-0.15, -0.1) is 0 Å². The fraction of sp³-hybridized carbons (Fsp3) is 0.444. The number of ether oxygens (including phenoxy) is 1. The molecule has 1 aromatic rings. The molecule has 8 heteroatoms. The summed E-state index contributed by atoms with van der Waals surface area (Å²) < 4.78 is 5.19. The molecule has 0 saturated carbocycles. The van der Waals surface area contributed by atoms with Gasteiger partial charge in [0.15, 0.2) is 10.4 Å². The quantitative estimate of drug-likeness (QED) is 0.777. The van der Waals surface area contributed by atoms with E-state index in [4.69, 9.17) is 9.84 Å². The molecule has 0 aromatic carbocycles. The summed E-state index contributed by atoms with van der Waals surface area (Å²) in [7, 11) is 0. The molecule has 0 aliphatic heterocycles. The van der Waals surface area contributed by atoms with Gasteiger partial charge in [-0.3, -0.25) is 5.32 Å². The van der Waals surface area contributed by atoms with Gasteiger partial charge < -0.3 is 14.8 Å². The summed E-state index contributed by atoms with van der Waals surface area (Å²) in [4.78, 5) is 28.4. The summed E-state index contributed by atoms with van der Waals surface area (Å²) in [6.45, 7) is 5.11. The summed E-state index contributed by atoms with van der Waals surface area (Å²) >= 11 is 2.98. The number of aromatic nitrogens is 2. The Hall–Kier alpha value is -1.57. The Kier molecular flexibility index (Phi) is 3.76. The number of halogens is 1. The minimum Gasteiger partial charge on any atom is -0.476 e. The number of nitrogens with one attached hydrogen (secondary N) is 2. The van der Waals surface area contributed by atoms with E-state index in [0.717, 1.165) is 0 Å². The second kappa shape index (κ2) is 4.74. The number of H-pyrrole nitrogens is 1. The average molecular weight is 306 g/mol. The van der Waals surface area contributed by atoms with Crippen molar-refractivity contribution < 1.29 is 19.4 Å². The zero-order valence-corrected chi connectivity index (χ0v) is 11.1. The SMILES string of the molecule is CC(C)(C)OC(=O)Nc1[nH]c(Br)nc1C(=O)O. The number of aromatic amines is 1. The van der Waals surface area contributed by atoms with Crippen LogP contribution in [0, 0.1) is 0 Å². The molecule has 17 heavy (non-hydrogen) atoms. The predicted molar refractivity (Wildman–Crippen MR) is 63.1 cm³/mol. The Morgan fingerprint density at radius 2 is 2.06 bits per heavy atom. The molecule has 1 aromatic heterocycles. The van der Waals surface area contributed by atoms with E-state index in [2.05, 4.69) is 31.2 Å². The zero-order valence-electron chi connectivity index (χ0n) is 9.50. The fourth-order valence-electron chi connectivity index (χ4n) is 0.995. The third-order valence-electron chi connectivity index (χ3n) is 1.50. The number of hydrogen-bond donors (Lipinski definition) is 3. The molecule has 0 aliphatic carbocycles. The lowest BCUT2D eigenvalue weighted by molar-refractivity contribution is 0.0635. The van der Waals surface area contributed by atoms with Gasteiger partial charge in [-0.05, 0) is 36.7 Å². The second-order valence-corrected chi connectivity index (χ2v) is 4.93. The first-order valence-corrected chi connectivity index (χ1v) is 5.47. The van der Waals surface area contributed by atoms with Gasteiger partial charge in [0.05, 0.1) is 0 Å². The molecule has 0 bridgehead atoms. The first-order valence-electron chi connectivity index (χ1n) is 4.68. The lowest BCUT2D eigenvalue weighted by Crippen LogP contribution is -2.27. The van der Waals surface area contributed by atoms with Crippen LogP contribution in [0.2, 0.25) is 0 Å². The molecule has 0 unspecified atom stereocenters. The summed E-state index contributed by atoms with van der Waals surface area (Å²) in [5.74, 6) is -1.28. The van der Waals surface area contributed by atoms with E-state index in [-0.39, 0.29) is 16.2 Å². The highest BCUT2D eigenvalue weighted by molar-refractivity contribution is 9.10. The summed E-state index contributed by atoms with van der Waals surface area (Å²) in [5.41, 5.74) is -0.951. The standard InChI is InChI=1S/C9H12BrN3O4/c1-9(2,3)17-8(16)13-5-4(6(14)15)11-7(10)12-5/h1-3H3,(H,11,12)(H,13,16)(H,14,15). The van der Waals surface area contributed by atoms with Crippen LogP contribution in [0.15, 0.2) is 4.73 Å². The molecule has 94 valence electrons. The molecular weight excluding hydrogens is 294 g/mol. The molecule has 0 spiro atoms. The number of nitrogens with zero attached hydrogens (tertiary/aromatic N) is 1. The third-order valence-corrected chi connectivity index (χ3v) is 1.88. The summed E-state index contributed by atoms with van der Waals surface area (Å²) in [6, 6.07) is 0. The van der Waals surface area contributed by atoms with Crippen molar-refractivity contribution >= 4 is 33.8 Å². The highest BCUT2D eigenvalue weighted by Gasteiger charge is 2.21. The van der Waals surface area contributed by atoms with Gasteiger partial charge in [0.1, 0.15) is 11.4 Å². The Balaban J connectivity index is 2.81. The largest absolute Gasteiger partial charge is 0.476 e. The lowest BCUT2D eigenvalue weighted by Gasteiger charge is -2.19. The molecule has 0 atom stereocenters. The molecule has 0 radical (unpaired) electrons. The maximum atomic E-state index is 11.4. The van der Waals surface area contributed by atoms with Crippen molar-refractivity contribution in [2.24, 2.45) is 0 Å². The Morgan fingerprint density at radius 1 is 1.47 bits per heavy atom. The number of carboxylic acids is 1. The highest BCUT2D eigenvalue weighted by Crippen LogP contribution is 2.17. The van der Waals surface area contributed by atoms with Crippen LogP contribution in [0.3, 0.4) is 0 Å². The molecule has 1 amide bonds. The minimum atomic E-state index is -1.25. The van der Waals surface area contributed by atoms with Crippen molar-refractivity contribution in [2.75, 3.05) is 5.32 Å². The average Bonchev–Trinajstić information content (AvgIpc) is 2.42. The van der Waals surface area contributed by atoms with Gasteiger partial charge in [0, 0.05) is 0 Å². The molecule has 7 nitrogen and oxygen atoms in total. The first-order chi connectivity index (χ1) is 7.69. The van der Waals surface area contributed by atoms with E-state index in [9.17, 15) is 9.59 Å². The van der Waals surface area contributed by atoms with Crippen LogP contribution in [0.4, 0.5) is 10.6 Å². The molecule has 1 rings (SSSR count). The maximum absolute atomic E-state index is 11.4. The Morgan fingerprint density at radius 3 is 2.53 bits per heavy atom. The molecule has 1 heterocycles. The van der Waals surface area contributed by atoms with Crippen molar-refractivity contribution in [3.8, 4) is 0 Å². The van der Waals surface area contributed by atoms with E-state index >= 15 is 0 Å². The fourth-order valence-corrected chi connectivity index (χ4v) is 1.37. The molecule has 0 saturated heterocycles. The summed E-state index contributed by atoms with van der Waals surface area (Å²) in [6.07, 6.45) is -0.754. The Labute approximate surface area is 106 Å². The van der Waals surface area contributed by atoms with Gasteiger partial charge in [-0.2, -0.15) is 0 Å². The van der Waals surface area contributed by atoms with Crippen LogP contribution in [0.5, 0.6) is 0 Å². The zero-order chi connectivity index (χ0) is 13.2. The number of carbonyl (C=O) groups excluding carboxylic acids is 1. The third kappa shape index (κ3) is 4.06. The van der Waals surface area contributed by atoms with Crippen molar-refractivity contribution in [1.82, 2.24) is 9.97 Å². The topological polar surface area (TPSA) is 104 Å². The van der Waals surface area contributed by atoms with Crippen LogP contribution in [0.25, 0.3) is 0 Å². The summed E-state index contributed by atoms with van der Waals surface area (Å²) in [5, 5.41) is 11.1. The number of carbonyl (C=O) groups is 2. The molecular formula is C9H12BrN3O4. The van der Waals surface area contributed by atoms with Gasteiger partial charge in [0.25, 0.3) is 0 Å². The van der Waals surface area contributed by atoms with Crippen LogP contribution in [-0.2, 0) is 4.74 Å². The first kappa shape index (κ1) is 13.5. The van der Waals surface area contributed by atoms with E-state index in [1.165, 1.54) is 0 Å². The number of aromatic carboxylic acids is 1. The maximum Gasteiger partial charge on any atom is 0.413 e. The molecule has 0 aliphatic rings. The van der Waals surface area contributed by atoms with E-state index in [0.29, 0.717) is 0 Å². The molecule has 3 N–H and O–H groups in total. The number of rotatable bonds is 2. The highest BCUT2D eigenvalue weighted by atomic mass is 79.9. The monoisotopic (exact) mass is 305 g/mol. The van der Waals surface area contributed by atoms with Crippen LogP contribution in [0.1, 0.15) is 31.3 Å². The normalized spacial score (nSPS) is 11.1. The van der Waals surface area contributed by atoms with Crippen LogP contribution in [-0.4, -0.2) is 32.7 Å². The smallest absolute Gasteiger partial charge is 0.413 e. The van der Waals surface area contributed by atoms with E-state index < -0.39 is 17.7 Å². The lowest BCUT2D eigenvalue weighted by atomic mass is 10.2.